The van der Waals surface area contributed by atoms with Crippen molar-refractivity contribution < 1.29 is 32.3 Å². The van der Waals surface area contributed by atoms with Crippen LogP contribution < -0.4 is 15.3 Å². The molecule has 0 aliphatic carbocycles. The maximum absolute atomic E-state index is 13.5. The van der Waals surface area contributed by atoms with Crippen molar-refractivity contribution in [1.82, 2.24) is 0 Å². The fourth-order valence-corrected chi connectivity index (χ4v) is 6.53. The van der Waals surface area contributed by atoms with E-state index in [2.05, 4.69) is 14.8 Å². The summed E-state index contributed by atoms with van der Waals surface area (Å²) >= 11 is 1.39. The Labute approximate surface area is 213 Å². The van der Waals surface area contributed by atoms with E-state index in [0.29, 0.717) is 12.0 Å². The van der Waals surface area contributed by atoms with Crippen molar-refractivity contribution in [2.45, 2.75) is 27.2 Å². The lowest BCUT2D eigenvalue weighted by atomic mass is 9.91. The predicted octanol–water partition coefficient (Wildman–Crippen LogP) is 3.99. The number of guanidine groups is 1. The Hall–Kier alpha value is -2.76. The van der Waals surface area contributed by atoms with Crippen LogP contribution in [0, 0.1) is 5.41 Å². The third-order valence-electron chi connectivity index (χ3n) is 5.75. The molecule has 0 radical (unpaired) electrons. The third-order valence-corrected chi connectivity index (χ3v) is 8.72. The molecule has 0 saturated heterocycles. The first-order chi connectivity index (χ1) is 16.6. The van der Waals surface area contributed by atoms with E-state index in [1.54, 1.807) is 6.20 Å². The van der Waals surface area contributed by atoms with Gasteiger partial charge in [-0.2, -0.15) is 4.48 Å². The second-order valence-electron chi connectivity index (χ2n) is 9.99. The molecule has 13 heteroatoms. The lowest BCUT2D eigenvalue weighted by molar-refractivity contribution is -0.706. The molecule has 3 heterocycles. The molecule has 192 valence electrons. The molecular weight excluding hydrogens is 523 g/mol. The van der Waals surface area contributed by atoms with Crippen LogP contribution in [-0.4, -0.2) is 47.6 Å². The molecule has 0 saturated carbocycles. The van der Waals surface area contributed by atoms with Crippen LogP contribution in [-0.2, 0) is 19.4 Å². The van der Waals surface area contributed by atoms with E-state index in [-0.39, 0.29) is 40.4 Å². The Morgan fingerprint density at radius 3 is 2.58 bits per heavy atom. The Balaban J connectivity index is 1.86. The molecule has 1 amide bonds. The molecule has 2 aliphatic heterocycles. The maximum Gasteiger partial charge on any atom is 0.354 e. The summed E-state index contributed by atoms with van der Waals surface area (Å²) in [5.41, 5.74) is 0.600. The number of aliphatic hydroxyl groups is 1. The molecule has 0 fully saturated rings. The molecule has 10 nitrogen and oxygen atoms in total. The number of anilines is 2. The smallest absolute Gasteiger partial charge is 0.354 e. The zero-order valence-electron chi connectivity index (χ0n) is 20.2. The van der Waals surface area contributed by atoms with Crippen LogP contribution in [0.25, 0.3) is 5.57 Å². The molecule has 2 aliphatic rings. The van der Waals surface area contributed by atoms with Gasteiger partial charge in [-0.1, -0.05) is 26.8 Å². The van der Waals surface area contributed by atoms with Crippen molar-refractivity contribution in [3.63, 3.8) is 0 Å². The lowest BCUT2D eigenvalue weighted by Gasteiger charge is -2.37. The zero-order chi connectivity index (χ0) is 26.5. The highest BCUT2D eigenvalue weighted by Crippen LogP contribution is 2.48. The van der Waals surface area contributed by atoms with Crippen LogP contribution in [0.2, 0.25) is 0 Å². The molecule has 2 atom stereocenters. The number of quaternary nitrogens is 1. The largest absolute Gasteiger partial charge is 0.507 e. The molecule has 0 bridgehead atoms. The minimum Gasteiger partial charge on any atom is -0.507 e. The van der Waals surface area contributed by atoms with E-state index in [1.807, 2.05) is 38.3 Å². The minimum absolute atomic E-state index is 0.0517. The van der Waals surface area contributed by atoms with Gasteiger partial charge in [-0.15, -0.1) is 16.1 Å². The first kappa shape index (κ1) is 26.3. The van der Waals surface area contributed by atoms with Gasteiger partial charge < -0.3 is 10.00 Å². The van der Waals surface area contributed by atoms with Gasteiger partial charge in [-0.3, -0.25) is 14.6 Å². The highest BCUT2D eigenvalue weighted by Gasteiger charge is 2.49. The number of carbonyl (C=O) groups is 1. The summed E-state index contributed by atoms with van der Waals surface area (Å²) in [6.07, 6.45) is 4.23. The second kappa shape index (κ2) is 8.97. The summed E-state index contributed by atoms with van der Waals surface area (Å²) in [5, 5.41) is 15.4. The Bertz CT molecular complexity index is 1470. The number of carbonyl (C=O) groups excluding carboxylic acids is 1. The number of fused-ring (bicyclic) bond motifs is 1. The number of allylic oxidation sites excluding steroid dienone is 1. The van der Waals surface area contributed by atoms with Gasteiger partial charge in [0.25, 0.3) is 0 Å². The van der Waals surface area contributed by atoms with Crippen LogP contribution in [0.15, 0.2) is 58.5 Å². The number of hydrogen-bond acceptors (Lipinski definition) is 7. The fourth-order valence-electron chi connectivity index (χ4n) is 3.90. The fraction of sp³-hybridized carbons (Fsp3) is 0.304. The van der Waals surface area contributed by atoms with Gasteiger partial charge in [0.05, 0.1) is 35.4 Å². The normalized spacial score (nSPS) is 24.2. The van der Waals surface area contributed by atoms with Gasteiger partial charge in [0.15, 0.2) is 0 Å². The Morgan fingerprint density at radius 1 is 1.25 bits per heavy atom. The number of thiophene rings is 1. The highest BCUT2D eigenvalue weighted by molar-refractivity contribution is 7.92. The van der Waals surface area contributed by atoms with Crippen LogP contribution in [0.1, 0.15) is 32.1 Å². The monoisotopic (exact) mass is 551 g/mol. The molecule has 36 heavy (non-hydrogen) atoms. The molecule has 1 aromatic heterocycles. The number of sulfonamides is 1. The van der Waals surface area contributed by atoms with Crippen LogP contribution in [0.5, 0.6) is 0 Å². The standard InChI is InChI=1S/C23H27N4O6PS2/c1-23(2,3)9-10-27(14-16(18(28)13-21(27)29)20-6-5-11-35-20)22-24-17-8-7-15(26-36(4,32)33)12-19(17)34(30,31)25-22/h5-8,11-14,26H,9-10H2,1-4H3,(H2-,24,25,28,29,30,31)/p+1. The number of amides is 1. The topological polar surface area (TPSA) is 145 Å². The van der Waals surface area contributed by atoms with Gasteiger partial charge >= 0.3 is 19.4 Å². The highest BCUT2D eigenvalue weighted by atomic mass is 32.2. The van der Waals surface area contributed by atoms with Crippen molar-refractivity contribution in [2.24, 2.45) is 10.2 Å². The van der Waals surface area contributed by atoms with E-state index < -0.39 is 27.9 Å². The maximum atomic E-state index is 13.5. The first-order valence-electron chi connectivity index (χ1n) is 11.0. The van der Waals surface area contributed by atoms with Crippen LogP contribution in [0.3, 0.4) is 0 Å². The predicted molar refractivity (Wildman–Crippen MR) is 143 cm³/mol. The average Bonchev–Trinajstić information content (AvgIpc) is 3.26. The van der Waals surface area contributed by atoms with Crippen molar-refractivity contribution >= 4 is 63.0 Å². The summed E-state index contributed by atoms with van der Waals surface area (Å²) in [7, 11) is -8.01. The Kier molecular flexibility index (Phi) is 6.55. The van der Waals surface area contributed by atoms with Gasteiger partial charge in [-0.05, 0) is 35.1 Å². The molecule has 1 aromatic carbocycles. The van der Waals surface area contributed by atoms with Crippen LogP contribution in [0.4, 0.5) is 11.4 Å². The average molecular weight is 552 g/mol. The number of nitrogens with one attached hydrogen (secondary N) is 2. The molecule has 4 N–H and O–H groups in total. The van der Waals surface area contributed by atoms with Gasteiger partial charge in [-0.25, -0.2) is 13.2 Å². The third kappa shape index (κ3) is 5.33. The van der Waals surface area contributed by atoms with E-state index in [1.165, 1.54) is 29.5 Å². The summed E-state index contributed by atoms with van der Waals surface area (Å²) in [5.74, 6) is -0.751. The van der Waals surface area contributed by atoms with Crippen molar-refractivity contribution in [3.05, 3.63) is 58.6 Å². The Morgan fingerprint density at radius 2 is 1.97 bits per heavy atom. The van der Waals surface area contributed by atoms with E-state index in [0.717, 1.165) is 17.2 Å². The molecule has 2 aromatic rings. The molecule has 2 unspecified atom stereocenters. The quantitative estimate of drug-likeness (QED) is 0.325. The van der Waals surface area contributed by atoms with E-state index in [4.69, 9.17) is 0 Å². The number of nitrogens with zero attached hydrogens (tertiary/aromatic N) is 2. The lowest BCUT2D eigenvalue weighted by Crippen LogP contribution is -2.58. The minimum atomic E-state index is -4.41. The molecular formula is C23H28N4O6PS2+. The number of benzene rings is 1. The molecule has 0 spiro atoms. The van der Waals surface area contributed by atoms with Crippen molar-refractivity contribution in [1.29, 1.82) is 0 Å². The van der Waals surface area contributed by atoms with Gasteiger partial charge in [0, 0.05) is 17.0 Å². The van der Waals surface area contributed by atoms with Crippen molar-refractivity contribution in [3.8, 4) is 0 Å². The SMILES string of the molecule is CC(C)(C)CC[N+]1(C2=NP(=O)(O)c3cc(NS(C)(=O)=O)ccc3N2)C=C(c2cccs2)C(O)=CC1=O. The van der Waals surface area contributed by atoms with Gasteiger partial charge in [0.2, 0.25) is 10.0 Å². The second-order valence-corrected chi connectivity index (χ2v) is 14.5. The number of rotatable bonds is 5. The van der Waals surface area contributed by atoms with Crippen molar-refractivity contribution in [2.75, 3.05) is 22.8 Å². The van der Waals surface area contributed by atoms with Gasteiger partial charge in [0.1, 0.15) is 12.0 Å². The van der Waals surface area contributed by atoms with E-state index >= 15 is 0 Å². The summed E-state index contributed by atoms with van der Waals surface area (Å²) in [4.78, 5) is 25.2. The molecule has 4 rings (SSSR count). The number of hydrogen-bond donors (Lipinski definition) is 4. The summed E-state index contributed by atoms with van der Waals surface area (Å²) in [6, 6.07) is 7.80. The zero-order valence-corrected chi connectivity index (χ0v) is 22.7. The number of aliphatic hydroxyl groups excluding tert-OH is 1. The van der Waals surface area contributed by atoms with Crippen LogP contribution >= 0.6 is 18.9 Å². The van der Waals surface area contributed by atoms with E-state index in [9.17, 15) is 27.8 Å². The summed E-state index contributed by atoms with van der Waals surface area (Å²) < 4.78 is 42.5. The first-order valence-corrected chi connectivity index (χ1v) is 15.4. The summed E-state index contributed by atoms with van der Waals surface area (Å²) in [6.45, 7) is 6.28.